The van der Waals surface area contributed by atoms with Crippen LogP contribution in [0.25, 0.3) is 11.3 Å². The maximum atomic E-state index is 13.2. The van der Waals surface area contributed by atoms with Gasteiger partial charge in [0.15, 0.2) is 5.13 Å². The van der Waals surface area contributed by atoms with E-state index < -0.39 is 0 Å². The zero-order valence-electron chi connectivity index (χ0n) is 12.3. The largest absolute Gasteiger partial charge is 0.330 e. The second kappa shape index (κ2) is 8.60. The number of amides is 1. The van der Waals surface area contributed by atoms with E-state index >= 15 is 0 Å². The minimum absolute atomic E-state index is 0.0344. The van der Waals surface area contributed by atoms with Crippen LogP contribution in [0.1, 0.15) is 32.1 Å². The molecule has 2 aromatic rings. The van der Waals surface area contributed by atoms with Crippen molar-refractivity contribution >= 4 is 22.4 Å². The number of rotatable bonds is 8. The van der Waals surface area contributed by atoms with Crippen LogP contribution in [0.3, 0.4) is 0 Å². The lowest BCUT2D eigenvalue weighted by molar-refractivity contribution is -0.116. The van der Waals surface area contributed by atoms with Crippen molar-refractivity contribution < 1.29 is 9.18 Å². The quantitative estimate of drug-likeness (QED) is 0.727. The number of nitrogens with two attached hydrogens (primary N) is 1. The number of aromatic nitrogens is 1. The van der Waals surface area contributed by atoms with E-state index in [0.29, 0.717) is 29.4 Å². The van der Waals surface area contributed by atoms with Gasteiger partial charge in [-0.3, -0.25) is 4.79 Å². The minimum atomic E-state index is -0.298. The maximum absolute atomic E-state index is 13.2. The summed E-state index contributed by atoms with van der Waals surface area (Å²) in [6.45, 7) is 0.703. The Morgan fingerprint density at radius 1 is 1.27 bits per heavy atom. The molecule has 0 unspecified atom stereocenters. The van der Waals surface area contributed by atoms with Crippen LogP contribution in [0.4, 0.5) is 9.52 Å². The van der Waals surface area contributed by atoms with Crippen LogP contribution in [0.5, 0.6) is 0 Å². The van der Waals surface area contributed by atoms with Gasteiger partial charge in [-0.1, -0.05) is 25.0 Å². The van der Waals surface area contributed by atoms with Gasteiger partial charge in [0.25, 0.3) is 0 Å². The van der Waals surface area contributed by atoms with Gasteiger partial charge in [0.1, 0.15) is 5.82 Å². The van der Waals surface area contributed by atoms with E-state index in [1.165, 1.54) is 23.5 Å². The SMILES string of the molecule is NCCCCCCC(=O)Nc1nc(-c2cccc(F)c2)cs1. The molecule has 22 heavy (non-hydrogen) atoms. The molecular weight excluding hydrogens is 301 g/mol. The van der Waals surface area contributed by atoms with E-state index in [-0.39, 0.29) is 11.7 Å². The zero-order chi connectivity index (χ0) is 15.8. The molecule has 0 spiro atoms. The Morgan fingerprint density at radius 2 is 2.09 bits per heavy atom. The van der Waals surface area contributed by atoms with Gasteiger partial charge in [0.2, 0.25) is 5.91 Å². The van der Waals surface area contributed by atoms with Crippen LogP contribution in [0, 0.1) is 5.82 Å². The molecule has 0 aliphatic carbocycles. The van der Waals surface area contributed by atoms with Crippen molar-refractivity contribution in [2.24, 2.45) is 5.73 Å². The Kier molecular flexibility index (Phi) is 6.48. The highest BCUT2D eigenvalue weighted by atomic mass is 32.1. The molecule has 0 radical (unpaired) electrons. The molecule has 0 bridgehead atoms. The monoisotopic (exact) mass is 321 g/mol. The van der Waals surface area contributed by atoms with Gasteiger partial charge < -0.3 is 11.1 Å². The highest BCUT2D eigenvalue weighted by molar-refractivity contribution is 7.14. The lowest BCUT2D eigenvalue weighted by Crippen LogP contribution is -2.10. The topological polar surface area (TPSA) is 68.0 Å². The predicted octanol–water partition coefficient (Wildman–Crippen LogP) is 3.80. The van der Waals surface area contributed by atoms with E-state index in [1.807, 2.05) is 5.38 Å². The van der Waals surface area contributed by atoms with Gasteiger partial charge in [-0.05, 0) is 31.5 Å². The van der Waals surface area contributed by atoms with Crippen molar-refractivity contribution in [1.29, 1.82) is 0 Å². The summed E-state index contributed by atoms with van der Waals surface area (Å²) in [6.07, 6.45) is 4.42. The number of hydrogen-bond donors (Lipinski definition) is 2. The number of nitrogens with one attached hydrogen (secondary N) is 1. The summed E-state index contributed by atoms with van der Waals surface area (Å²) in [5.74, 6) is -0.332. The van der Waals surface area contributed by atoms with Crippen molar-refractivity contribution in [2.45, 2.75) is 32.1 Å². The molecule has 6 heteroatoms. The summed E-state index contributed by atoms with van der Waals surface area (Å²) in [4.78, 5) is 16.1. The van der Waals surface area contributed by atoms with Crippen LogP contribution in [0.15, 0.2) is 29.6 Å². The second-order valence-corrected chi connectivity index (χ2v) is 5.91. The molecule has 4 nitrogen and oxygen atoms in total. The van der Waals surface area contributed by atoms with Crippen molar-refractivity contribution in [3.8, 4) is 11.3 Å². The lowest BCUT2D eigenvalue weighted by Gasteiger charge is -2.02. The third kappa shape index (κ3) is 5.20. The fourth-order valence-electron chi connectivity index (χ4n) is 2.08. The van der Waals surface area contributed by atoms with Crippen LogP contribution >= 0.6 is 11.3 Å². The smallest absolute Gasteiger partial charge is 0.226 e. The number of anilines is 1. The number of benzene rings is 1. The molecule has 0 atom stereocenters. The van der Waals surface area contributed by atoms with Crippen LogP contribution in [-0.4, -0.2) is 17.4 Å². The standard InChI is InChI=1S/C16H20FN3OS/c17-13-7-5-6-12(10-13)14-11-22-16(19-14)20-15(21)8-3-1-2-4-9-18/h5-7,10-11H,1-4,8-9,18H2,(H,19,20,21). The van der Waals surface area contributed by atoms with Crippen molar-refractivity contribution in [2.75, 3.05) is 11.9 Å². The first kappa shape index (κ1) is 16.6. The summed E-state index contributed by atoms with van der Waals surface area (Å²) < 4.78 is 13.2. The number of nitrogens with zero attached hydrogens (tertiary/aromatic N) is 1. The van der Waals surface area contributed by atoms with Gasteiger partial charge in [0.05, 0.1) is 5.69 Å². The third-order valence-corrected chi connectivity index (χ3v) is 3.99. The molecule has 0 aliphatic heterocycles. The fraction of sp³-hybridized carbons (Fsp3) is 0.375. The first-order chi connectivity index (χ1) is 10.7. The highest BCUT2D eigenvalue weighted by Crippen LogP contribution is 2.25. The summed E-state index contributed by atoms with van der Waals surface area (Å²) in [5, 5.41) is 5.15. The summed E-state index contributed by atoms with van der Waals surface area (Å²) in [7, 11) is 0. The molecule has 0 saturated carbocycles. The van der Waals surface area contributed by atoms with Gasteiger partial charge in [-0.2, -0.15) is 0 Å². The number of hydrogen-bond acceptors (Lipinski definition) is 4. The number of carbonyl (C=O) groups excluding carboxylic acids is 1. The molecule has 0 saturated heterocycles. The number of thiazole rings is 1. The zero-order valence-corrected chi connectivity index (χ0v) is 13.2. The molecule has 118 valence electrons. The Labute approximate surface area is 133 Å². The highest BCUT2D eigenvalue weighted by Gasteiger charge is 2.08. The maximum Gasteiger partial charge on any atom is 0.226 e. The van der Waals surface area contributed by atoms with Crippen LogP contribution in [-0.2, 0) is 4.79 Å². The van der Waals surface area contributed by atoms with E-state index in [9.17, 15) is 9.18 Å². The Hall–Kier alpha value is -1.79. The summed E-state index contributed by atoms with van der Waals surface area (Å²) >= 11 is 1.34. The second-order valence-electron chi connectivity index (χ2n) is 5.05. The molecule has 1 aromatic heterocycles. The van der Waals surface area contributed by atoms with E-state index in [0.717, 1.165) is 25.7 Å². The van der Waals surface area contributed by atoms with Gasteiger partial charge in [-0.15, -0.1) is 11.3 Å². The molecule has 2 rings (SSSR count). The van der Waals surface area contributed by atoms with E-state index in [2.05, 4.69) is 10.3 Å². The Balaban J connectivity index is 1.83. The average Bonchev–Trinajstić information content (AvgIpc) is 2.95. The van der Waals surface area contributed by atoms with Gasteiger partial charge in [-0.25, -0.2) is 9.37 Å². The van der Waals surface area contributed by atoms with Crippen molar-refractivity contribution in [1.82, 2.24) is 4.98 Å². The predicted molar refractivity (Wildman–Crippen MR) is 88.3 cm³/mol. The molecule has 1 heterocycles. The minimum Gasteiger partial charge on any atom is -0.330 e. The summed E-state index contributed by atoms with van der Waals surface area (Å²) in [6, 6.07) is 6.26. The van der Waals surface area contributed by atoms with Gasteiger partial charge in [0, 0.05) is 17.4 Å². The number of unbranched alkanes of at least 4 members (excludes halogenated alkanes) is 3. The van der Waals surface area contributed by atoms with Crippen LogP contribution < -0.4 is 11.1 Å². The van der Waals surface area contributed by atoms with E-state index in [1.54, 1.807) is 12.1 Å². The van der Waals surface area contributed by atoms with Crippen LogP contribution in [0.2, 0.25) is 0 Å². The average molecular weight is 321 g/mol. The third-order valence-electron chi connectivity index (χ3n) is 3.23. The lowest BCUT2D eigenvalue weighted by atomic mass is 10.1. The van der Waals surface area contributed by atoms with Crippen molar-refractivity contribution in [3.05, 3.63) is 35.5 Å². The first-order valence-electron chi connectivity index (χ1n) is 7.40. The molecule has 1 amide bonds. The molecular formula is C16H20FN3OS. The molecule has 0 fully saturated rings. The first-order valence-corrected chi connectivity index (χ1v) is 8.28. The van der Waals surface area contributed by atoms with Gasteiger partial charge >= 0.3 is 0 Å². The molecule has 0 aliphatic rings. The normalized spacial score (nSPS) is 10.6. The van der Waals surface area contributed by atoms with Crippen molar-refractivity contribution in [3.63, 3.8) is 0 Å². The Morgan fingerprint density at radius 3 is 2.86 bits per heavy atom. The fourth-order valence-corrected chi connectivity index (χ4v) is 2.81. The number of halogens is 1. The Bertz CT molecular complexity index is 615. The molecule has 3 N–H and O–H groups in total. The number of carbonyl (C=O) groups is 1. The summed E-state index contributed by atoms with van der Waals surface area (Å²) in [5.41, 5.74) is 6.80. The van der Waals surface area contributed by atoms with E-state index in [4.69, 9.17) is 5.73 Å². The molecule has 1 aromatic carbocycles.